The zero-order valence-corrected chi connectivity index (χ0v) is 15.4. The lowest BCUT2D eigenvalue weighted by Crippen LogP contribution is -2.41. The molecule has 0 aliphatic carbocycles. The van der Waals surface area contributed by atoms with Crippen LogP contribution >= 0.6 is 0 Å². The minimum Gasteiger partial charge on any atom is -0.443 e. The molecule has 1 atom stereocenters. The highest BCUT2D eigenvalue weighted by molar-refractivity contribution is 5.97. The van der Waals surface area contributed by atoms with Gasteiger partial charge in [0, 0.05) is 44.0 Å². The second-order valence-electron chi connectivity index (χ2n) is 6.25. The molecule has 0 fully saturated rings. The maximum absolute atomic E-state index is 12.2. The minimum absolute atomic E-state index is 0.0884. The third-order valence-electron chi connectivity index (χ3n) is 4.14. The fourth-order valence-electron chi connectivity index (χ4n) is 2.86. The molecule has 0 spiro atoms. The van der Waals surface area contributed by atoms with Crippen LogP contribution in [0.1, 0.15) is 31.9 Å². The number of non-ortho nitro benzene ring substituents is 1. The third kappa shape index (κ3) is 3.54. The van der Waals surface area contributed by atoms with E-state index in [1.807, 2.05) is 0 Å². The SMILES string of the molecule is CC(=O)Oc1ccc([C@@]2(C)OC(c3cccc([N+](=O)[O-])c3)=NN2C(C)=O)cc1. The van der Waals surface area contributed by atoms with Crippen LogP contribution in [-0.2, 0) is 20.1 Å². The van der Waals surface area contributed by atoms with Gasteiger partial charge in [0.05, 0.1) is 4.92 Å². The molecule has 0 saturated carbocycles. The van der Waals surface area contributed by atoms with Crippen molar-refractivity contribution in [1.29, 1.82) is 0 Å². The van der Waals surface area contributed by atoms with Crippen LogP contribution in [0.15, 0.2) is 53.6 Å². The third-order valence-corrected chi connectivity index (χ3v) is 4.14. The summed E-state index contributed by atoms with van der Waals surface area (Å²) in [5.41, 5.74) is -0.415. The van der Waals surface area contributed by atoms with E-state index >= 15 is 0 Å². The predicted molar refractivity (Wildman–Crippen MR) is 98.3 cm³/mol. The molecule has 9 heteroatoms. The Kier molecular flexibility index (Phi) is 4.83. The number of nitrogens with zero attached hydrogens (tertiary/aromatic N) is 3. The zero-order valence-electron chi connectivity index (χ0n) is 15.4. The molecular formula is C19H17N3O6. The Balaban J connectivity index is 1.96. The van der Waals surface area contributed by atoms with Crippen LogP contribution in [0.2, 0.25) is 0 Å². The summed E-state index contributed by atoms with van der Waals surface area (Å²) in [5, 5.41) is 16.4. The van der Waals surface area contributed by atoms with Gasteiger partial charge >= 0.3 is 5.97 Å². The maximum Gasteiger partial charge on any atom is 0.308 e. The molecule has 0 N–H and O–H groups in total. The van der Waals surface area contributed by atoms with Gasteiger partial charge in [-0.2, -0.15) is 5.01 Å². The van der Waals surface area contributed by atoms with Crippen molar-refractivity contribution in [3.8, 4) is 5.75 Å². The first-order valence-electron chi connectivity index (χ1n) is 8.33. The number of hydrazone groups is 1. The zero-order chi connectivity index (χ0) is 20.5. The van der Waals surface area contributed by atoms with E-state index in [0.29, 0.717) is 16.9 Å². The fourth-order valence-corrected chi connectivity index (χ4v) is 2.86. The number of benzene rings is 2. The van der Waals surface area contributed by atoms with E-state index in [1.54, 1.807) is 37.3 Å². The Bertz CT molecular complexity index is 985. The highest BCUT2D eigenvalue weighted by Crippen LogP contribution is 2.37. The summed E-state index contributed by atoms with van der Waals surface area (Å²) < 4.78 is 11.0. The fraction of sp³-hybridized carbons (Fsp3) is 0.211. The molecular weight excluding hydrogens is 366 g/mol. The van der Waals surface area contributed by atoms with Crippen LogP contribution in [0.4, 0.5) is 5.69 Å². The topological polar surface area (TPSA) is 111 Å². The second kappa shape index (κ2) is 7.10. The van der Waals surface area contributed by atoms with Gasteiger partial charge in [0.1, 0.15) is 5.75 Å². The van der Waals surface area contributed by atoms with Crippen molar-refractivity contribution < 1.29 is 24.0 Å². The number of carbonyl (C=O) groups excluding carboxylic acids is 2. The van der Waals surface area contributed by atoms with Gasteiger partial charge in [-0.3, -0.25) is 19.7 Å². The molecule has 3 rings (SSSR count). The van der Waals surface area contributed by atoms with E-state index in [1.165, 1.54) is 37.1 Å². The Morgan fingerprint density at radius 3 is 2.43 bits per heavy atom. The summed E-state index contributed by atoms with van der Waals surface area (Å²) in [6.07, 6.45) is 0. The molecule has 0 radical (unpaired) electrons. The molecule has 1 amide bonds. The van der Waals surface area contributed by atoms with E-state index in [4.69, 9.17) is 9.47 Å². The molecule has 2 aromatic carbocycles. The van der Waals surface area contributed by atoms with E-state index in [9.17, 15) is 19.7 Å². The molecule has 9 nitrogen and oxygen atoms in total. The number of hydrogen-bond acceptors (Lipinski definition) is 7. The number of carbonyl (C=O) groups is 2. The van der Waals surface area contributed by atoms with Crippen LogP contribution in [0.25, 0.3) is 0 Å². The largest absolute Gasteiger partial charge is 0.443 e. The number of rotatable bonds is 4. The smallest absolute Gasteiger partial charge is 0.308 e. The molecule has 28 heavy (non-hydrogen) atoms. The minimum atomic E-state index is -1.26. The molecule has 1 aliphatic rings. The van der Waals surface area contributed by atoms with Crippen LogP contribution in [0, 0.1) is 10.1 Å². The summed E-state index contributed by atoms with van der Waals surface area (Å²) in [4.78, 5) is 33.7. The summed E-state index contributed by atoms with van der Waals surface area (Å²) in [6, 6.07) is 12.3. The highest BCUT2D eigenvalue weighted by Gasteiger charge is 2.45. The predicted octanol–water partition coefficient (Wildman–Crippen LogP) is 2.93. The van der Waals surface area contributed by atoms with Crippen molar-refractivity contribution in [3.05, 3.63) is 69.8 Å². The van der Waals surface area contributed by atoms with E-state index in [0.717, 1.165) is 0 Å². The normalized spacial score (nSPS) is 18.2. The van der Waals surface area contributed by atoms with Gasteiger partial charge in [0.2, 0.25) is 17.5 Å². The van der Waals surface area contributed by atoms with Gasteiger partial charge in [-0.25, -0.2) is 0 Å². The lowest BCUT2D eigenvalue weighted by atomic mass is 10.0. The van der Waals surface area contributed by atoms with Crippen molar-refractivity contribution in [2.45, 2.75) is 26.5 Å². The molecule has 0 saturated heterocycles. The van der Waals surface area contributed by atoms with Gasteiger partial charge < -0.3 is 9.47 Å². The first-order valence-corrected chi connectivity index (χ1v) is 8.33. The van der Waals surface area contributed by atoms with Crippen molar-refractivity contribution >= 4 is 23.5 Å². The molecule has 2 aromatic rings. The summed E-state index contributed by atoms with van der Waals surface area (Å²) in [6.45, 7) is 4.30. The molecule has 1 heterocycles. The van der Waals surface area contributed by atoms with Crippen LogP contribution in [-0.4, -0.2) is 27.7 Å². The van der Waals surface area contributed by atoms with Gasteiger partial charge in [-0.05, 0) is 30.3 Å². The van der Waals surface area contributed by atoms with E-state index in [2.05, 4.69) is 5.10 Å². The van der Waals surface area contributed by atoms with Crippen LogP contribution < -0.4 is 4.74 Å². The Hall–Kier alpha value is -3.75. The van der Waals surface area contributed by atoms with Gasteiger partial charge in [0.25, 0.3) is 5.69 Å². The quantitative estimate of drug-likeness (QED) is 0.347. The number of ether oxygens (including phenoxy) is 2. The maximum atomic E-state index is 12.2. The first kappa shape index (κ1) is 19.0. The van der Waals surface area contributed by atoms with Gasteiger partial charge in [-0.1, -0.05) is 6.07 Å². The number of hydrogen-bond donors (Lipinski definition) is 0. The number of esters is 1. The monoisotopic (exact) mass is 383 g/mol. The van der Waals surface area contributed by atoms with Crippen LogP contribution in [0.3, 0.4) is 0 Å². The second-order valence-corrected chi connectivity index (χ2v) is 6.25. The standard InChI is InChI=1S/C19H17N3O6/c1-12(23)21-19(3,15-7-9-17(10-8-15)27-13(2)24)28-18(20-21)14-5-4-6-16(11-14)22(25)26/h4-11H,1-3H3/t19-/m1/s1. The molecule has 0 bridgehead atoms. The summed E-state index contributed by atoms with van der Waals surface area (Å²) in [7, 11) is 0. The molecule has 144 valence electrons. The Morgan fingerprint density at radius 2 is 1.86 bits per heavy atom. The van der Waals surface area contributed by atoms with Gasteiger partial charge in [-0.15, -0.1) is 5.10 Å². The molecule has 1 aliphatic heterocycles. The van der Waals surface area contributed by atoms with Gasteiger partial charge in [0.15, 0.2) is 0 Å². The van der Waals surface area contributed by atoms with Crippen molar-refractivity contribution in [2.75, 3.05) is 0 Å². The average molecular weight is 383 g/mol. The van der Waals surface area contributed by atoms with Crippen molar-refractivity contribution in [1.82, 2.24) is 5.01 Å². The number of amides is 1. The van der Waals surface area contributed by atoms with Crippen molar-refractivity contribution in [3.63, 3.8) is 0 Å². The lowest BCUT2D eigenvalue weighted by Gasteiger charge is -2.31. The summed E-state index contributed by atoms with van der Waals surface area (Å²) in [5.74, 6) is -0.373. The van der Waals surface area contributed by atoms with E-state index < -0.39 is 16.6 Å². The number of nitro benzene ring substituents is 1. The lowest BCUT2D eigenvalue weighted by molar-refractivity contribution is -0.384. The van der Waals surface area contributed by atoms with Crippen LogP contribution in [0.5, 0.6) is 5.75 Å². The Labute approximate surface area is 160 Å². The summed E-state index contributed by atoms with van der Waals surface area (Å²) >= 11 is 0. The average Bonchev–Trinajstić information content (AvgIpc) is 3.01. The number of nitro groups is 1. The highest BCUT2D eigenvalue weighted by atomic mass is 16.6. The first-order chi connectivity index (χ1) is 13.2. The van der Waals surface area contributed by atoms with E-state index in [-0.39, 0.29) is 17.5 Å². The Morgan fingerprint density at radius 1 is 1.18 bits per heavy atom. The molecule has 0 unspecified atom stereocenters. The molecule has 0 aromatic heterocycles. The van der Waals surface area contributed by atoms with Crippen molar-refractivity contribution in [2.24, 2.45) is 5.10 Å².